The van der Waals surface area contributed by atoms with E-state index in [0.29, 0.717) is 11.5 Å². The predicted octanol–water partition coefficient (Wildman–Crippen LogP) is 2.06. The fourth-order valence-electron chi connectivity index (χ4n) is 1.23. The van der Waals surface area contributed by atoms with E-state index in [1.165, 1.54) is 19.4 Å². The summed E-state index contributed by atoms with van der Waals surface area (Å²) in [6.45, 7) is 0. The van der Waals surface area contributed by atoms with Gasteiger partial charge in [0, 0.05) is 18.5 Å². The zero-order valence-corrected chi connectivity index (χ0v) is 9.16. The number of esters is 1. The lowest BCUT2D eigenvalue weighted by molar-refractivity contribution is 0.0593. The smallest absolute Gasteiger partial charge is 0.356 e. The van der Waals surface area contributed by atoms with Gasteiger partial charge in [0.25, 0.3) is 0 Å². The van der Waals surface area contributed by atoms with Crippen LogP contribution >= 0.6 is 0 Å². The van der Waals surface area contributed by atoms with Gasteiger partial charge in [-0.05, 0) is 18.2 Å². The molecule has 0 radical (unpaired) electrons. The molecule has 0 aliphatic rings. The van der Waals surface area contributed by atoms with E-state index in [4.69, 9.17) is 4.74 Å². The van der Waals surface area contributed by atoms with Crippen molar-refractivity contribution in [3.8, 4) is 11.5 Å². The first-order valence-electron chi connectivity index (χ1n) is 4.92. The van der Waals surface area contributed by atoms with Crippen molar-refractivity contribution in [2.45, 2.75) is 0 Å². The zero-order valence-electron chi connectivity index (χ0n) is 9.16. The average molecular weight is 230 g/mol. The van der Waals surface area contributed by atoms with Crippen molar-refractivity contribution in [3.63, 3.8) is 0 Å². The SMILES string of the molecule is COC(=O)c1cc(Oc2cccnc2)ccn1. The second-order valence-electron chi connectivity index (χ2n) is 3.16. The van der Waals surface area contributed by atoms with E-state index in [1.807, 2.05) is 0 Å². The van der Waals surface area contributed by atoms with E-state index in [0.717, 1.165) is 0 Å². The topological polar surface area (TPSA) is 61.3 Å². The summed E-state index contributed by atoms with van der Waals surface area (Å²) < 4.78 is 10.1. The maximum absolute atomic E-state index is 11.3. The van der Waals surface area contributed by atoms with E-state index in [2.05, 4.69) is 14.7 Å². The third-order valence-corrected chi connectivity index (χ3v) is 2.00. The molecule has 0 N–H and O–H groups in total. The summed E-state index contributed by atoms with van der Waals surface area (Å²) in [5.41, 5.74) is 0.203. The highest BCUT2D eigenvalue weighted by Gasteiger charge is 2.08. The maximum Gasteiger partial charge on any atom is 0.356 e. The maximum atomic E-state index is 11.3. The molecule has 2 aromatic rings. The van der Waals surface area contributed by atoms with Crippen molar-refractivity contribution in [2.75, 3.05) is 7.11 Å². The molecule has 0 atom stereocenters. The highest BCUT2D eigenvalue weighted by molar-refractivity contribution is 5.87. The summed E-state index contributed by atoms with van der Waals surface area (Å²) in [6, 6.07) is 6.70. The summed E-state index contributed by atoms with van der Waals surface area (Å²) in [5, 5.41) is 0. The third-order valence-electron chi connectivity index (χ3n) is 2.00. The standard InChI is InChI=1S/C12H10N2O3/c1-16-12(15)11-7-9(4-6-14-11)17-10-3-2-5-13-8-10/h2-8H,1H3. The Morgan fingerprint density at radius 3 is 2.82 bits per heavy atom. The molecule has 0 bridgehead atoms. The monoisotopic (exact) mass is 230 g/mol. The molecule has 2 aromatic heterocycles. The molecule has 0 fully saturated rings. The molecule has 2 heterocycles. The molecular weight excluding hydrogens is 220 g/mol. The first kappa shape index (κ1) is 11.1. The van der Waals surface area contributed by atoms with Crippen molar-refractivity contribution in [1.29, 1.82) is 0 Å². The molecule has 0 spiro atoms. The second-order valence-corrected chi connectivity index (χ2v) is 3.16. The van der Waals surface area contributed by atoms with Crippen LogP contribution in [0.25, 0.3) is 0 Å². The minimum atomic E-state index is -0.498. The minimum Gasteiger partial charge on any atom is -0.464 e. The lowest BCUT2D eigenvalue weighted by atomic mass is 10.3. The fourth-order valence-corrected chi connectivity index (χ4v) is 1.23. The van der Waals surface area contributed by atoms with Gasteiger partial charge < -0.3 is 9.47 Å². The van der Waals surface area contributed by atoms with E-state index >= 15 is 0 Å². The van der Waals surface area contributed by atoms with Crippen LogP contribution in [-0.2, 0) is 4.74 Å². The van der Waals surface area contributed by atoms with Gasteiger partial charge in [-0.2, -0.15) is 0 Å². The van der Waals surface area contributed by atoms with Crippen molar-refractivity contribution in [1.82, 2.24) is 9.97 Å². The van der Waals surface area contributed by atoms with Crippen LogP contribution in [0.2, 0.25) is 0 Å². The van der Waals surface area contributed by atoms with Gasteiger partial charge in [-0.3, -0.25) is 4.98 Å². The molecule has 0 aliphatic carbocycles. The van der Waals surface area contributed by atoms with Crippen LogP contribution < -0.4 is 4.74 Å². The quantitative estimate of drug-likeness (QED) is 0.755. The van der Waals surface area contributed by atoms with E-state index in [1.54, 1.807) is 30.6 Å². The number of carbonyl (C=O) groups excluding carboxylic acids is 1. The highest BCUT2D eigenvalue weighted by atomic mass is 16.5. The van der Waals surface area contributed by atoms with Crippen molar-refractivity contribution in [2.24, 2.45) is 0 Å². The van der Waals surface area contributed by atoms with Crippen LogP contribution in [0, 0.1) is 0 Å². The highest BCUT2D eigenvalue weighted by Crippen LogP contribution is 2.20. The van der Waals surface area contributed by atoms with Gasteiger partial charge in [-0.25, -0.2) is 9.78 Å². The summed E-state index contributed by atoms with van der Waals surface area (Å²) in [4.78, 5) is 19.1. The molecular formula is C12H10N2O3. The molecule has 86 valence electrons. The number of ether oxygens (including phenoxy) is 2. The Kier molecular flexibility index (Phi) is 3.30. The van der Waals surface area contributed by atoms with Crippen LogP contribution in [0.4, 0.5) is 0 Å². The largest absolute Gasteiger partial charge is 0.464 e. The molecule has 0 saturated carbocycles. The van der Waals surface area contributed by atoms with Gasteiger partial charge in [-0.15, -0.1) is 0 Å². The summed E-state index contributed by atoms with van der Waals surface area (Å²) in [7, 11) is 1.30. The van der Waals surface area contributed by atoms with Crippen LogP contribution in [0.3, 0.4) is 0 Å². The number of aromatic nitrogens is 2. The predicted molar refractivity (Wildman–Crippen MR) is 59.9 cm³/mol. The normalized spacial score (nSPS) is 9.71. The molecule has 0 aliphatic heterocycles. The molecule has 0 aromatic carbocycles. The van der Waals surface area contributed by atoms with E-state index < -0.39 is 5.97 Å². The molecule has 0 saturated heterocycles. The lowest BCUT2D eigenvalue weighted by Gasteiger charge is -2.05. The van der Waals surface area contributed by atoms with Gasteiger partial charge >= 0.3 is 5.97 Å². The first-order valence-corrected chi connectivity index (χ1v) is 4.92. The van der Waals surface area contributed by atoms with Crippen LogP contribution in [0.15, 0.2) is 42.9 Å². The Hall–Kier alpha value is -2.43. The Balaban J connectivity index is 2.20. The number of methoxy groups -OCH3 is 1. The van der Waals surface area contributed by atoms with Crippen LogP contribution in [0.1, 0.15) is 10.5 Å². The zero-order chi connectivity index (χ0) is 12.1. The molecule has 5 nitrogen and oxygen atoms in total. The summed E-state index contributed by atoms with van der Waals surface area (Å²) in [5.74, 6) is 0.601. The van der Waals surface area contributed by atoms with Crippen LogP contribution in [0.5, 0.6) is 11.5 Å². The van der Waals surface area contributed by atoms with Crippen molar-refractivity contribution >= 4 is 5.97 Å². The average Bonchev–Trinajstić information content (AvgIpc) is 2.39. The molecule has 0 unspecified atom stereocenters. The fraction of sp³-hybridized carbons (Fsp3) is 0.0833. The number of pyridine rings is 2. The van der Waals surface area contributed by atoms with E-state index in [-0.39, 0.29) is 5.69 Å². The number of rotatable bonds is 3. The Bertz CT molecular complexity index is 514. The second kappa shape index (κ2) is 5.07. The number of hydrogen-bond acceptors (Lipinski definition) is 5. The van der Waals surface area contributed by atoms with Gasteiger partial charge in [-0.1, -0.05) is 0 Å². The van der Waals surface area contributed by atoms with Crippen molar-refractivity contribution < 1.29 is 14.3 Å². The third kappa shape index (κ3) is 2.78. The van der Waals surface area contributed by atoms with Crippen molar-refractivity contribution in [3.05, 3.63) is 48.5 Å². The summed E-state index contributed by atoms with van der Waals surface area (Å²) in [6.07, 6.45) is 4.72. The number of hydrogen-bond donors (Lipinski definition) is 0. The lowest BCUT2D eigenvalue weighted by Crippen LogP contribution is -2.03. The van der Waals surface area contributed by atoms with Crippen LogP contribution in [-0.4, -0.2) is 23.0 Å². The van der Waals surface area contributed by atoms with Gasteiger partial charge in [0.2, 0.25) is 0 Å². The molecule has 17 heavy (non-hydrogen) atoms. The Morgan fingerprint density at radius 2 is 2.12 bits per heavy atom. The first-order chi connectivity index (χ1) is 8.29. The molecule has 5 heteroatoms. The molecule has 0 amide bonds. The van der Waals surface area contributed by atoms with E-state index in [9.17, 15) is 4.79 Å². The van der Waals surface area contributed by atoms with Gasteiger partial charge in [0.1, 0.15) is 11.5 Å². The molecule has 2 rings (SSSR count). The minimum absolute atomic E-state index is 0.203. The number of carbonyl (C=O) groups is 1. The number of nitrogens with zero attached hydrogens (tertiary/aromatic N) is 2. The Labute approximate surface area is 98.0 Å². The van der Waals surface area contributed by atoms with Gasteiger partial charge in [0.05, 0.1) is 13.3 Å². The summed E-state index contributed by atoms with van der Waals surface area (Å²) >= 11 is 0. The Morgan fingerprint density at radius 1 is 1.24 bits per heavy atom. The van der Waals surface area contributed by atoms with Gasteiger partial charge in [0.15, 0.2) is 5.69 Å².